The van der Waals surface area contributed by atoms with Crippen LogP contribution in [0, 0.1) is 11.3 Å². The molecule has 0 fully saturated rings. The molecule has 0 spiro atoms. The van der Waals surface area contributed by atoms with E-state index in [0.717, 1.165) is 6.07 Å². The zero-order valence-electron chi connectivity index (χ0n) is 4.54. The van der Waals surface area contributed by atoms with Crippen LogP contribution in [0.2, 0.25) is 0 Å². The summed E-state index contributed by atoms with van der Waals surface area (Å²) in [5, 5.41) is 7.86. The fraction of sp³-hybridized carbons (Fsp3) is 0.750. The number of halogens is 5. The minimum Gasteiger partial charge on any atom is -0.248 e. The van der Waals surface area contributed by atoms with E-state index in [1.807, 2.05) is 15.9 Å². The molecule has 0 aliphatic carbocycles. The molecule has 0 saturated carbocycles. The first-order valence-corrected chi connectivity index (χ1v) is 2.89. The number of hydrogen-bond donors (Lipinski definition) is 0. The van der Waals surface area contributed by atoms with E-state index in [2.05, 4.69) is 0 Å². The van der Waals surface area contributed by atoms with Crippen LogP contribution < -0.4 is 0 Å². The zero-order valence-corrected chi connectivity index (χ0v) is 6.13. The molecule has 0 saturated heterocycles. The molecule has 0 amide bonds. The minimum atomic E-state index is -4.86. The average Bonchev–Trinajstić information content (AvgIpc) is 1.84. The number of nitrogens with zero attached hydrogens (tertiary/aromatic N) is 1. The Bertz CT molecular complexity index is 160. The van der Waals surface area contributed by atoms with Crippen LogP contribution in [0.3, 0.4) is 0 Å². The molecule has 1 nitrogen and oxygen atoms in total. The van der Waals surface area contributed by atoms with Crippen LogP contribution in [-0.4, -0.2) is 17.2 Å². The first-order chi connectivity index (χ1) is 4.37. The van der Waals surface area contributed by atoms with Gasteiger partial charge in [-0.1, -0.05) is 15.9 Å². The molecular weight excluding hydrogens is 218 g/mol. The summed E-state index contributed by atoms with van der Waals surface area (Å²) in [5.74, 6) is 0. The van der Waals surface area contributed by atoms with E-state index in [0.29, 0.717) is 0 Å². The van der Waals surface area contributed by atoms with E-state index in [1.165, 1.54) is 0 Å². The maximum Gasteiger partial charge on any atom is 0.419 e. The Morgan fingerprint density at radius 2 is 1.80 bits per heavy atom. The number of nitriles is 1. The standard InChI is InChI=1S/C4H2BrF4N/c5-3(1-6,2-10)4(7,8)9/h1H2. The molecule has 0 heterocycles. The van der Waals surface area contributed by atoms with Gasteiger partial charge in [-0.25, -0.2) is 4.39 Å². The van der Waals surface area contributed by atoms with Gasteiger partial charge in [-0.15, -0.1) is 0 Å². The SMILES string of the molecule is N#CC(Br)(CF)C(F)(F)F. The van der Waals surface area contributed by atoms with E-state index < -0.39 is 17.2 Å². The van der Waals surface area contributed by atoms with Gasteiger partial charge < -0.3 is 0 Å². The van der Waals surface area contributed by atoms with Crippen LogP contribution in [-0.2, 0) is 0 Å². The maximum atomic E-state index is 11.6. The molecule has 0 aliphatic heterocycles. The van der Waals surface area contributed by atoms with E-state index >= 15 is 0 Å². The molecular formula is C4H2BrF4N. The maximum absolute atomic E-state index is 11.6. The fourth-order valence-corrected chi connectivity index (χ4v) is 0.169. The summed E-state index contributed by atoms with van der Waals surface area (Å²) in [6.45, 7) is -1.78. The molecule has 0 radical (unpaired) electrons. The molecule has 0 aliphatic rings. The lowest BCUT2D eigenvalue weighted by molar-refractivity contribution is -0.147. The largest absolute Gasteiger partial charge is 0.419 e. The van der Waals surface area contributed by atoms with Gasteiger partial charge in [0.25, 0.3) is 0 Å². The van der Waals surface area contributed by atoms with Gasteiger partial charge in [-0.3, -0.25) is 0 Å². The normalized spacial score (nSPS) is 17.6. The zero-order chi connectivity index (χ0) is 8.41. The van der Waals surface area contributed by atoms with E-state index in [-0.39, 0.29) is 0 Å². The monoisotopic (exact) mass is 219 g/mol. The molecule has 0 rings (SSSR count). The lowest BCUT2D eigenvalue weighted by atomic mass is 10.2. The van der Waals surface area contributed by atoms with Crippen LogP contribution in [0.15, 0.2) is 0 Å². The summed E-state index contributed by atoms with van der Waals surface area (Å²) in [4.78, 5) is 0. The molecule has 0 aromatic heterocycles. The molecule has 58 valence electrons. The quantitative estimate of drug-likeness (QED) is 0.490. The molecule has 0 aromatic carbocycles. The Hall–Kier alpha value is -0.310. The van der Waals surface area contributed by atoms with Gasteiger partial charge in [0, 0.05) is 0 Å². The molecule has 0 N–H and O–H groups in total. The van der Waals surface area contributed by atoms with Crippen LogP contribution in [0.4, 0.5) is 17.6 Å². The van der Waals surface area contributed by atoms with Crippen LogP contribution >= 0.6 is 15.9 Å². The molecule has 6 heteroatoms. The summed E-state index contributed by atoms with van der Waals surface area (Å²) >= 11 is 1.94. The second kappa shape index (κ2) is 2.74. The fourth-order valence-electron chi connectivity index (χ4n) is 0.169. The predicted octanol–water partition coefficient (Wildman–Crippen LogP) is 2.18. The minimum absolute atomic E-state index is 0.785. The van der Waals surface area contributed by atoms with Gasteiger partial charge in [-0.05, 0) is 0 Å². The van der Waals surface area contributed by atoms with Gasteiger partial charge >= 0.3 is 6.18 Å². The third kappa shape index (κ3) is 1.59. The lowest BCUT2D eigenvalue weighted by Gasteiger charge is -2.18. The van der Waals surface area contributed by atoms with Crippen molar-refractivity contribution in [1.29, 1.82) is 5.26 Å². The van der Waals surface area contributed by atoms with E-state index in [9.17, 15) is 17.6 Å². The van der Waals surface area contributed by atoms with Crippen LogP contribution in [0.1, 0.15) is 0 Å². The lowest BCUT2D eigenvalue weighted by Crippen LogP contribution is -2.39. The summed E-state index contributed by atoms with van der Waals surface area (Å²) in [7, 11) is 0. The third-order valence-corrected chi connectivity index (χ3v) is 1.65. The topological polar surface area (TPSA) is 23.8 Å². The van der Waals surface area contributed by atoms with Crippen molar-refractivity contribution in [2.24, 2.45) is 0 Å². The highest BCUT2D eigenvalue weighted by Gasteiger charge is 2.54. The second-order valence-electron chi connectivity index (χ2n) is 1.54. The molecule has 10 heavy (non-hydrogen) atoms. The van der Waals surface area contributed by atoms with Crippen LogP contribution in [0.5, 0.6) is 0 Å². The Labute approximate surface area is 62.8 Å². The van der Waals surface area contributed by atoms with Gasteiger partial charge in [0.1, 0.15) is 6.67 Å². The molecule has 1 atom stereocenters. The van der Waals surface area contributed by atoms with Gasteiger partial charge in [0.2, 0.25) is 4.32 Å². The van der Waals surface area contributed by atoms with Crippen LogP contribution in [0.25, 0.3) is 0 Å². The van der Waals surface area contributed by atoms with Crippen molar-refractivity contribution < 1.29 is 17.6 Å². The molecule has 0 bridgehead atoms. The summed E-state index contributed by atoms with van der Waals surface area (Å²) in [5.41, 5.74) is 0. The first-order valence-electron chi connectivity index (χ1n) is 2.10. The highest BCUT2D eigenvalue weighted by atomic mass is 79.9. The van der Waals surface area contributed by atoms with Crippen molar-refractivity contribution in [3.05, 3.63) is 0 Å². The summed E-state index contributed by atoms with van der Waals surface area (Å²) in [6.07, 6.45) is -4.86. The summed E-state index contributed by atoms with van der Waals surface area (Å²) < 4.78 is 43.3. The van der Waals surface area contributed by atoms with Gasteiger partial charge in [0.05, 0.1) is 6.07 Å². The summed E-state index contributed by atoms with van der Waals surface area (Å²) in [6, 6.07) is 0.785. The highest BCUT2D eigenvalue weighted by molar-refractivity contribution is 9.10. The second-order valence-corrected chi connectivity index (χ2v) is 2.90. The van der Waals surface area contributed by atoms with E-state index in [1.54, 1.807) is 0 Å². The van der Waals surface area contributed by atoms with Crippen molar-refractivity contribution in [3.63, 3.8) is 0 Å². The molecule has 1 unspecified atom stereocenters. The Balaban J connectivity index is 4.54. The van der Waals surface area contributed by atoms with Crippen molar-refractivity contribution >= 4 is 15.9 Å². The van der Waals surface area contributed by atoms with Crippen molar-refractivity contribution in [2.45, 2.75) is 10.5 Å². The van der Waals surface area contributed by atoms with Crippen molar-refractivity contribution in [1.82, 2.24) is 0 Å². The number of rotatable bonds is 1. The Kier molecular flexibility index (Phi) is 2.66. The highest BCUT2D eigenvalue weighted by Crippen LogP contribution is 2.37. The molecule has 0 aromatic rings. The predicted molar refractivity (Wildman–Crippen MR) is 29.3 cm³/mol. The van der Waals surface area contributed by atoms with Crippen molar-refractivity contribution in [3.8, 4) is 6.07 Å². The third-order valence-electron chi connectivity index (χ3n) is 0.811. The number of alkyl halides is 5. The Morgan fingerprint density at radius 3 is 1.80 bits per heavy atom. The number of hydrogen-bond acceptors (Lipinski definition) is 1. The van der Waals surface area contributed by atoms with Gasteiger partial charge in [0.15, 0.2) is 0 Å². The Morgan fingerprint density at radius 1 is 1.40 bits per heavy atom. The van der Waals surface area contributed by atoms with E-state index in [4.69, 9.17) is 5.26 Å². The van der Waals surface area contributed by atoms with Crippen molar-refractivity contribution in [2.75, 3.05) is 6.67 Å². The smallest absolute Gasteiger partial charge is 0.248 e. The van der Waals surface area contributed by atoms with Gasteiger partial charge in [-0.2, -0.15) is 18.4 Å². The first kappa shape index (κ1) is 9.69. The average molecular weight is 220 g/mol.